The summed E-state index contributed by atoms with van der Waals surface area (Å²) in [7, 11) is 3.20. The lowest BCUT2D eigenvalue weighted by Crippen LogP contribution is -2.51. The van der Waals surface area contributed by atoms with Crippen LogP contribution in [0.1, 0.15) is 46.4 Å². The van der Waals surface area contributed by atoms with Crippen molar-refractivity contribution in [2.45, 2.75) is 50.9 Å². The van der Waals surface area contributed by atoms with E-state index >= 15 is 0 Å². The molecular weight excluding hydrogens is 618 g/mol. The van der Waals surface area contributed by atoms with Gasteiger partial charge in [-0.2, -0.15) is 0 Å². The number of fused-ring (bicyclic) bond motifs is 4. The first-order valence-corrected chi connectivity index (χ1v) is 17.4. The third-order valence-electron chi connectivity index (χ3n) is 11.2. The highest BCUT2D eigenvalue weighted by atomic mass is 16.5. The molecule has 4 fully saturated rings. The molecule has 9 rings (SSSR count). The minimum Gasteiger partial charge on any atom is -0.494 e. The van der Waals surface area contributed by atoms with Crippen LogP contribution in [0.3, 0.4) is 0 Å². The molecule has 11 heteroatoms. The number of hydrogen-bond donors (Lipinski definition) is 1. The number of piperidine rings is 1. The SMILES string of the molecule is COc1cc(C(=O)N2CC(Cn3c(-c4cc5ccccc5n4CC4CC4)nc4cc(C(=O)N5CC6CCC5C6N)cc(OC)c43)C2)ccn1. The molecule has 2 amide bonds. The molecule has 11 nitrogen and oxygen atoms in total. The molecule has 5 aromatic rings. The number of aromatic nitrogens is 4. The first kappa shape index (κ1) is 30.2. The largest absolute Gasteiger partial charge is 0.494 e. The van der Waals surface area contributed by atoms with E-state index < -0.39 is 0 Å². The Morgan fingerprint density at radius 2 is 1.67 bits per heavy atom. The van der Waals surface area contributed by atoms with Crippen LogP contribution >= 0.6 is 0 Å². The molecule has 0 spiro atoms. The average molecular weight is 660 g/mol. The smallest absolute Gasteiger partial charge is 0.254 e. The number of methoxy groups -OCH3 is 2. The van der Waals surface area contributed by atoms with Gasteiger partial charge in [-0.1, -0.05) is 18.2 Å². The predicted octanol–water partition coefficient (Wildman–Crippen LogP) is 4.81. The van der Waals surface area contributed by atoms with E-state index in [1.165, 1.54) is 23.7 Å². The van der Waals surface area contributed by atoms with Crippen molar-refractivity contribution in [1.82, 2.24) is 28.9 Å². The number of nitrogens with zero attached hydrogens (tertiary/aromatic N) is 6. The summed E-state index contributed by atoms with van der Waals surface area (Å²) in [4.78, 5) is 40.6. The van der Waals surface area contributed by atoms with Gasteiger partial charge in [0.15, 0.2) is 5.82 Å². The lowest BCUT2D eigenvalue weighted by molar-refractivity contribution is 0.0471. The molecule has 2 N–H and O–H groups in total. The molecular formula is C38H41N7O4. The molecule has 2 saturated carbocycles. The number of likely N-dealkylation sites (tertiary alicyclic amines) is 2. The zero-order valence-electron chi connectivity index (χ0n) is 27.9. The minimum absolute atomic E-state index is 0.0114. The normalized spacial score (nSPS) is 21.9. The number of nitrogens with two attached hydrogens (primary N) is 1. The van der Waals surface area contributed by atoms with Crippen LogP contribution in [-0.2, 0) is 13.1 Å². The summed E-state index contributed by atoms with van der Waals surface area (Å²) in [5.41, 5.74) is 11.5. The molecule has 2 aliphatic carbocycles. The summed E-state index contributed by atoms with van der Waals surface area (Å²) in [6.45, 7) is 3.52. The topological polar surface area (TPSA) is 121 Å². The summed E-state index contributed by atoms with van der Waals surface area (Å²) in [6, 6.07) is 18.1. The first-order valence-electron chi connectivity index (χ1n) is 17.4. The fraction of sp³-hybridized carbons (Fsp3) is 0.421. The average Bonchev–Trinajstić information content (AvgIpc) is 3.47. The van der Waals surface area contributed by atoms with E-state index in [1.807, 2.05) is 21.9 Å². The number of benzene rings is 2. The van der Waals surface area contributed by atoms with E-state index in [2.05, 4.69) is 44.5 Å². The second-order valence-electron chi connectivity index (χ2n) is 14.3. The van der Waals surface area contributed by atoms with Gasteiger partial charge in [-0.25, -0.2) is 9.97 Å². The monoisotopic (exact) mass is 659 g/mol. The second kappa shape index (κ2) is 11.6. The van der Waals surface area contributed by atoms with Crippen molar-refractivity contribution in [2.75, 3.05) is 33.9 Å². The Balaban J connectivity index is 1.11. The number of rotatable bonds is 9. The maximum Gasteiger partial charge on any atom is 0.254 e. The summed E-state index contributed by atoms with van der Waals surface area (Å²) in [5.74, 6) is 3.08. The van der Waals surface area contributed by atoms with Crippen LogP contribution in [0.2, 0.25) is 0 Å². The molecule has 252 valence electrons. The lowest BCUT2D eigenvalue weighted by atomic mass is 9.98. The van der Waals surface area contributed by atoms with Gasteiger partial charge in [0.2, 0.25) is 5.88 Å². The van der Waals surface area contributed by atoms with Crippen molar-refractivity contribution < 1.29 is 19.1 Å². The van der Waals surface area contributed by atoms with Gasteiger partial charge < -0.3 is 34.1 Å². The van der Waals surface area contributed by atoms with Crippen LogP contribution in [0.5, 0.6) is 11.6 Å². The number of ether oxygens (including phenoxy) is 2. The Labute approximate surface area is 284 Å². The summed E-state index contributed by atoms with van der Waals surface area (Å²) >= 11 is 0. The molecule has 5 heterocycles. The van der Waals surface area contributed by atoms with Crippen LogP contribution in [-0.4, -0.2) is 86.7 Å². The summed E-state index contributed by atoms with van der Waals surface area (Å²) in [6.07, 6.45) is 6.11. The van der Waals surface area contributed by atoms with Crippen molar-refractivity contribution in [1.29, 1.82) is 0 Å². The van der Waals surface area contributed by atoms with E-state index in [0.29, 0.717) is 60.8 Å². The number of carbonyl (C=O) groups is 2. The standard InChI is InChI=1S/C38H41N7O4/c1-48-32-15-27(38(47)44-21-26-9-10-30(44)34(26)39)13-28-35(32)45(20-23-17-42(18-23)37(46)25-11-12-40-33(16-25)49-2)36(41-28)31-14-24-5-3-4-6-29(24)43(31)19-22-7-8-22/h3-6,11-16,22-23,26,30,34H,7-10,17-21,39H2,1-2H3. The van der Waals surface area contributed by atoms with Crippen molar-refractivity contribution in [2.24, 2.45) is 23.5 Å². The molecule has 0 radical (unpaired) electrons. The lowest BCUT2D eigenvalue weighted by Gasteiger charge is -2.39. The van der Waals surface area contributed by atoms with Crippen molar-refractivity contribution >= 4 is 33.8 Å². The number of hydrogen-bond acceptors (Lipinski definition) is 7. The number of para-hydroxylation sites is 1. The highest BCUT2D eigenvalue weighted by molar-refractivity contribution is 6.01. The van der Waals surface area contributed by atoms with Gasteiger partial charge in [0.05, 0.1) is 25.4 Å². The fourth-order valence-electron chi connectivity index (χ4n) is 8.43. The molecule has 4 aliphatic rings. The first-order chi connectivity index (χ1) is 23.9. The highest BCUT2D eigenvalue weighted by Gasteiger charge is 2.47. The summed E-state index contributed by atoms with van der Waals surface area (Å²) in [5, 5.41) is 1.17. The number of amides is 2. The van der Waals surface area contributed by atoms with Crippen molar-refractivity contribution in [3.63, 3.8) is 0 Å². The Hall–Kier alpha value is -4.90. The number of pyridine rings is 1. The van der Waals surface area contributed by atoms with Crippen LogP contribution in [0, 0.1) is 17.8 Å². The van der Waals surface area contributed by atoms with Gasteiger partial charge >= 0.3 is 0 Å². The van der Waals surface area contributed by atoms with Crippen molar-refractivity contribution in [3.05, 3.63) is 71.9 Å². The Bertz CT molecular complexity index is 2110. The molecule has 2 aliphatic heterocycles. The van der Waals surface area contributed by atoms with Gasteiger partial charge in [0.25, 0.3) is 11.8 Å². The third-order valence-corrected chi connectivity index (χ3v) is 11.2. The van der Waals surface area contributed by atoms with Crippen LogP contribution in [0.15, 0.2) is 60.8 Å². The van der Waals surface area contributed by atoms with Gasteiger partial charge in [0.1, 0.15) is 11.3 Å². The van der Waals surface area contributed by atoms with Crippen LogP contribution in [0.25, 0.3) is 33.5 Å². The molecule has 49 heavy (non-hydrogen) atoms. The maximum atomic E-state index is 14.0. The zero-order chi connectivity index (χ0) is 33.4. The number of imidazole rings is 1. The Morgan fingerprint density at radius 3 is 2.41 bits per heavy atom. The van der Waals surface area contributed by atoms with E-state index in [1.54, 1.807) is 32.5 Å². The Morgan fingerprint density at radius 1 is 0.857 bits per heavy atom. The summed E-state index contributed by atoms with van der Waals surface area (Å²) < 4.78 is 16.0. The van der Waals surface area contributed by atoms with Gasteiger partial charge in [0, 0.05) is 85.0 Å². The number of carbonyl (C=O) groups excluding carboxylic acids is 2. The van der Waals surface area contributed by atoms with E-state index in [0.717, 1.165) is 41.9 Å². The highest BCUT2D eigenvalue weighted by Crippen LogP contribution is 2.41. The maximum absolute atomic E-state index is 14.0. The van der Waals surface area contributed by atoms with Crippen LogP contribution < -0.4 is 15.2 Å². The molecule has 2 aromatic carbocycles. The van der Waals surface area contributed by atoms with Gasteiger partial charge in [-0.15, -0.1) is 0 Å². The van der Waals surface area contributed by atoms with E-state index in [4.69, 9.17) is 20.2 Å². The molecule has 2 saturated heterocycles. The molecule has 2 bridgehead atoms. The molecule has 3 unspecified atom stereocenters. The quantitative estimate of drug-likeness (QED) is 0.241. The predicted molar refractivity (Wildman–Crippen MR) is 186 cm³/mol. The molecule has 3 aromatic heterocycles. The molecule has 3 atom stereocenters. The fourth-order valence-corrected chi connectivity index (χ4v) is 8.43. The van der Waals surface area contributed by atoms with Gasteiger partial charge in [-0.05, 0) is 67.9 Å². The van der Waals surface area contributed by atoms with Gasteiger partial charge in [-0.3, -0.25) is 9.59 Å². The van der Waals surface area contributed by atoms with E-state index in [9.17, 15) is 9.59 Å². The zero-order valence-corrected chi connectivity index (χ0v) is 27.9. The van der Waals surface area contributed by atoms with E-state index in [-0.39, 0.29) is 29.8 Å². The minimum atomic E-state index is -0.0340. The van der Waals surface area contributed by atoms with Crippen LogP contribution in [0.4, 0.5) is 0 Å². The second-order valence-corrected chi connectivity index (χ2v) is 14.3. The third kappa shape index (κ3) is 5.05. The van der Waals surface area contributed by atoms with Crippen molar-refractivity contribution in [3.8, 4) is 23.1 Å². The Kier molecular flexibility index (Phi) is 7.15.